The second kappa shape index (κ2) is 7.22. The number of carbonyl (C=O) groups excluding carboxylic acids is 1. The molecule has 3 rings (SSSR count). The van der Waals surface area contributed by atoms with Gasteiger partial charge < -0.3 is 10.1 Å². The van der Waals surface area contributed by atoms with Crippen molar-refractivity contribution in [3.63, 3.8) is 0 Å². The van der Waals surface area contributed by atoms with Crippen LogP contribution in [-0.2, 0) is 4.79 Å². The van der Waals surface area contributed by atoms with Crippen molar-refractivity contribution in [2.45, 2.75) is 12.8 Å². The lowest BCUT2D eigenvalue weighted by molar-refractivity contribution is -0.122. The summed E-state index contributed by atoms with van der Waals surface area (Å²) in [6, 6.07) is 9.78. The zero-order chi connectivity index (χ0) is 15.2. The largest absolute Gasteiger partial charge is 0.489 e. The molecule has 1 fully saturated rings. The molecule has 0 atom stereocenters. The molecule has 0 bridgehead atoms. The number of hydrogen-bond acceptors (Lipinski definition) is 4. The molecule has 5 heteroatoms. The molecule has 0 aliphatic carbocycles. The van der Waals surface area contributed by atoms with Crippen LogP contribution in [0.4, 0.5) is 0 Å². The molecule has 0 saturated carbocycles. The molecule has 1 aromatic carbocycles. The predicted molar refractivity (Wildman–Crippen MR) is 85.9 cm³/mol. The van der Waals surface area contributed by atoms with Crippen LogP contribution in [-0.4, -0.2) is 48.6 Å². The van der Waals surface area contributed by atoms with Gasteiger partial charge in [0, 0.05) is 11.6 Å². The number of pyridine rings is 1. The normalized spacial score (nSPS) is 15.1. The monoisotopic (exact) mass is 299 g/mol. The lowest BCUT2D eigenvalue weighted by Crippen LogP contribution is -2.37. The Labute approximate surface area is 130 Å². The van der Waals surface area contributed by atoms with Crippen LogP contribution in [0.2, 0.25) is 0 Å². The predicted octanol–water partition coefficient (Wildman–Crippen LogP) is 1.83. The number of nitrogens with zero attached hydrogens (tertiary/aromatic N) is 2. The maximum absolute atomic E-state index is 11.8. The first-order chi connectivity index (χ1) is 10.8. The first kappa shape index (κ1) is 14.8. The van der Waals surface area contributed by atoms with Crippen LogP contribution in [0, 0.1) is 0 Å². The van der Waals surface area contributed by atoms with Crippen molar-refractivity contribution >= 4 is 16.8 Å². The minimum atomic E-state index is 0.0709. The smallest absolute Gasteiger partial charge is 0.234 e. The van der Waals surface area contributed by atoms with Gasteiger partial charge in [-0.2, -0.15) is 0 Å². The van der Waals surface area contributed by atoms with E-state index in [2.05, 4.69) is 15.2 Å². The van der Waals surface area contributed by atoms with E-state index >= 15 is 0 Å². The molecule has 2 heterocycles. The highest BCUT2D eigenvalue weighted by molar-refractivity contribution is 5.84. The molecule has 1 aliphatic heterocycles. The summed E-state index contributed by atoms with van der Waals surface area (Å²) < 4.78 is 5.75. The van der Waals surface area contributed by atoms with E-state index in [4.69, 9.17) is 4.74 Å². The van der Waals surface area contributed by atoms with Crippen LogP contribution in [0.15, 0.2) is 36.5 Å². The van der Waals surface area contributed by atoms with Gasteiger partial charge in [0.25, 0.3) is 0 Å². The van der Waals surface area contributed by atoms with Crippen LogP contribution in [0.3, 0.4) is 0 Å². The summed E-state index contributed by atoms with van der Waals surface area (Å²) in [6.45, 7) is 3.52. The number of hydrogen-bond donors (Lipinski definition) is 1. The van der Waals surface area contributed by atoms with Crippen LogP contribution in [0.1, 0.15) is 12.8 Å². The number of para-hydroxylation sites is 1. The van der Waals surface area contributed by atoms with E-state index in [1.54, 1.807) is 6.20 Å². The molecular formula is C17H21N3O2. The van der Waals surface area contributed by atoms with E-state index in [1.165, 1.54) is 12.8 Å². The first-order valence-corrected chi connectivity index (χ1v) is 7.78. The van der Waals surface area contributed by atoms with E-state index in [-0.39, 0.29) is 5.91 Å². The summed E-state index contributed by atoms with van der Waals surface area (Å²) in [7, 11) is 0. The Morgan fingerprint density at radius 1 is 1.23 bits per heavy atom. The summed E-state index contributed by atoms with van der Waals surface area (Å²) in [5, 5.41) is 3.96. The minimum Gasteiger partial charge on any atom is -0.489 e. The van der Waals surface area contributed by atoms with E-state index < -0.39 is 0 Å². The molecule has 1 amide bonds. The molecule has 22 heavy (non-hydrogen) atoms. The van der Waals surface area contributed by atoms with Gasteiger partial charge in [-0.3, -0.25) is 14.7 Å². The van der Waals surface area contributed by atoms with Crippen LogP contribution in [0.25, 0.3) is 10.9 Å². The van der Waals surface area contributed by atoms with Gasteiger partial charge in [0.2, 0.25) is 5.91 Å². The standard InChI is InChI=1S/C17H21N3O2/c21-16(13-20-10-1-2-11-20)18-9-12-22-15-7-3-5-14-6-4-8-19-17(14)15/h3-8H,1-2,9-13H2,(H,18,21). The number of carbonyl (C=O) groups is 1. The quantitative estimate of drug-likeness (QED) is 0.827. The zero-order valence-corrected chi connectivity index (χ0v) is 12.6. The third-order valence-corrected chi connectivity index (χ3v) is 3.84. The van der Waals surface area contributed by atoms with Crippen molar-refractivity contribution in [3.05, 3.63) is 36.5 Å². The molecule has 1 aliphatic rings. The van der Waals surface area contributed by atoms with Gasteiger partial charge >= 0.3 is 0 Å². The molecular weight excluding hydrogens is 278 g/mol. The van der Waals surface area contributed by atoms with Crippen molar-refractivity contribution in [2.24, 2.45) is 0 Å². The fourth-order valence-electron chi connectivity index (χ4n) is 2.74. The van der Waals surface area contributed by atoms with E-state index in [0.717, 1.165) is 29.7 Å². The summed E-state index contributed by atoms with van der Waals surface area (Å²) in [6.07, 6.45) is 4.15. The molecule has 5 nitrogen and oxygen atoms in total. The van der Waals surface area contributed by atoms with Crippen molar-refractivity contribution in [2.75, 3.05) is 32.8 Å². The van der Waals surface area contributed by atoms with E-state index in [0.29, 0.717) is 19.7 Å². The maximum Gasteiger partial charge on any atom is 0.234 e. The maximum atomic E-state index is 11.8. The molecule has 0 unspecified atom stereocenters. The van der Waals surface area contributed by atoms with Gasteiger partial charge in [0.15, 0.2) is 0 Å². The Hall–Kier alpha value is -2.14. The fraction of sp³-hybridized carbons (Fsp3) is 0.412. The SMILES string of the molecule is O=C(CN1CCCC1)NCCOc1cccc2cccnc12. The topological polar surface area (TPSA) is 54.5 Å². The number of fused-ring (bicyclic) bond motifs is 1. The average molecular weight is 299 g/mol. The third-order valence-electron chi connectivity index (χ3n) is 3.84. The third kappa shape index (κ3) is 3.74. The number of likely N-dealkylation sites (tertiary alicyclic amines) is 1. The summed E-state index contributed by atoms with van der Waals surface area (Å²) in [5.74, 6) is 0.827. The minimum absolute atomic E-state index is 0.0709. The second-order valence-corrected chi connectivity index (χ2v) is 5.51. The van der Waals surface area contributed by atoms with Crippen LogP contribution >= 0.6 is 0 Å². The highest BCUT2D eigenvalue weighted by atomic mass is 16.5. The summed E-state index contributed by atoms with van der Waals surface area (Å²) in [4.78, 5) is 18.3. The van der Waals surface area contributed by atoms with Gasteiger partial charge in [0.1, 0.15) is 17.9 Å². The van der Waals surface area contributed by atoms with Gasteiger partial charge in [-0.05, 0) is 38.1 Å². The number of rotatable bonds is 6. The molecule has 2 aromatic rings. The summed E-state index contributed by atoms with van der Waals surface area (Å²) >= 11 is 0. The number of benzene rings is 1. The highest BCUT2D eigenvalue weighted by Gasteiger charge is 2.14. The van der Waals surface area contributed by atoms with Gasteiger partial charge in [-0.1, -0.05) is 18.2 Å². The molecule has 1 aromatic heterocycles. The number of ether oxygens (including phenoxy) is 1. The first-order valence-electron chi connectivity index (χ1n) is 7.78. The Balaban J connectivity index is 1.45. The average Bonchev–Trinajstić information content (AvgIpc) is 3.04. The summed E-state index contributed by atoms with van der Waals surface area (Å²) in [5.41, 5.74) is 0.855. The van der Waals surface area contributed by atoms with E-state index in [9.17, 15) is 4.79 Å². The van der Waals surface area contributed by atoms with Gasteiger partial charge in [-0.25, -0.2) is 0 Å². The number of nitrogens with one attached hydrogen (secondary N) is 1. The van der Waals surface area contributed by atoms with Crippen molar-refractivity contribution < 1.29 is 9.53 Å². The van der Waals surface area contributed by atoms with E-state index in [1.807, 2.05) is 30.3 Å². The molecule has 0 radical (unpaired) electrons. The lowest BCUT2D eigenvalue weighted by Gasteiger charge is -2.14. The van der Waals surface area contributed by atoms with Gasteiger partial charge in [0.05, 0.1) is 13.1 Å². The molecule has 116 valence electrons. The Morgan fingerprint density at radius 3 is 2.91 bits per heavy atom. The lowest BCUT2D eigenvalue weighted by atomic mass is 10.2. The zero-order valence-electron chi connectivity index (χ0n) is 12.6. The fourth-order valence-corrected chi connectivity index (χ4v) is 2.74. The Kier molecular flexibility index (Phi) is 4.85. The molecule has 1 N–H and O–H groups in total. The van der Waals surface area contributed by atoms with Gasteiger partial charge in [-0.15, -0.1) is 0 Å². The van der Waals surface area contributed by atoms with Crippen LogP contribution < -0.4 is 10.1 Å². The number of aromatic nitrogens is 1. The van der Waals surface area contributed by atoms with Crippen molar-refractivity contribution in [1.29, 1.82) is 0 Å². The van der Waals surface area contributed by atoms with Crippen molar-refractivity contribution in [1.82, 2.24) is 15.2 Å². The van der Waals surface area contributed by atoms with Crippen molar-refractivity contribution in [3.8, 4) is 5.75 Å². The Morgan fingerprint density at radius 2 is 2.05 bits per heavy atom. The second-order valence-electron chi connectivity index (χ2n) is 5.51. The highest BCUT2D eigenvalue weighted by Crippen LogP contribution is 2.22. The molecule has 0 spiro atoms. The number of amides is 1. The van der Waals surface area contributed by atoms with Crippen LogP contribution in [0.5, 0.6) is 5.75 Å². The Bertz CT molecular complexity index is 633. The molecule has 1 saturated heterocycles.